The summed E-state index contributed by atoms with van der Waals surface area (Å²) in [5.74, 6) is 0.827. The summed E-state index contributed by atoms with van der Waals surface area (Å²) in [6.45, 7) is 3.37. The standard InChI is InChI=1S/C19H22N2O4/c1-19(13-5-4-6-14(9-13)24-2)7-8-21(12-19)18(23)15-10-16(22)17(25-3)11-20-15/h4-6,9-11H,7-8,12H2,1-3H3,(H,20,22). The lowest BCUT2D eigenvalue weighted by Crippen LogP contribution is -2.33. The molecule has 1 amide bonds. The van der Waals surface area contributed by atoms with E-state index in [1.807, 2.05) is 18.2 Å². The van der Waals surface area contributed by atoms with Gasteiger partial charge >= 0.3 is 0 Å². The van der Waals surface area contributed by atoms with Crippen molar-refractivity contribution in [3.8, 4) is 11.5 Å². The van der Waals surface area contributed by atoms with Crippen molar-refractivity contribution in [2.24, 2.45) is 0 Å². The molecular weight excluding hydrogens is 320 g/mol. The first-order valence-corrected chi connectivity index (χ1v) is 8.17. The Balaban J connectivity index is 1.80. The summed E-state index contributed by atoms with van der Waals surface area (Å²) in [7, 11) is 3.07. The minimum atomic E-state index is -0.306. The summed E-state index contributed by atoms with van der Waals surface area (Å²) in [5.41, 5.74) is 0.974. The van der Waals surface area contributed by atoms with Crippen LogP contribution in [0.5, 0.6) is 11.5 Å². The highest BCUT2D eigenvalue weighted by Gasteiger charge is 2.38. The number of aromatic amines is 1. The lowest BCUT2D eigenvalue weighted by molar-refractivity contribution is 0.0778. The maximum absolute atomic E-state index is 12.7. The first-order chi connectivity index (χ1) is 12.0. The van der Waals surface area contributed by atoms with Crippen molar-refractivity contribution in [2.75, 3.05) is 27.3 Å². The lowest BCUT2D eigenvalue weighted by atomic mass is 9.82. The zero-order valence-corrected chi connectivity index (χ0v) is 14.7. The lowest BCUT2D eigenvalue weighted by Gasteiger charge is -2.25. The second-order valence-corrected chi connectivity index (χ2v) is 6.55. The fourth-order valence-corrected chi connectivity index (χ4v) is 3.28. The second kappa shape index (κ2) is 6.63. The largest absolute Gasteiger partial charge is 0.497 e. The van der Waals surface area contributed by atoms with Gasteiger partial charge < -0.3 is 19.4 Å². The number of pyridine rings is 1. The number of methoxy groups -OCH3 is 2. The van der Waals surface area contributed by atoms with Crippen molar-refractivity contribution in [3.63, 3.8) is 0 Å². The molecule has 1 aromatic carbocycles. The third-order valence-electron chi connectivity index (χ3n) is 4.85. The molecule has 0 spiro atoms. The van der Waals surface area contributed by atoms with Gasteiger partial charge in [-0.3, -0.25) is 9.59 Å². The van der Waals surface area contributed by atoms with Crippen LogP contribution in [0.2, 0.25) is 0 Å². The number of rotatable bonds is 4. The van der Waals surface area contributed by atoms with Gasteiger partial charge in [-0.1, -0.05) is 19.1 Å². The Bertz CT molecular complexity index is 845. The monoisotopic (exact) mass is 342 g/mol. The molecule has 1 aromatic heterocycles. The van der Waals surface area contributed by atoms with E-state index in [1.165, 1.54) is 19.4 Å². The molecule has 0 aliphatic carbocycles. The smallest absolute Gasteiger partial charge is 0.270 e. The Morgan fingerprint density at radius 2 is 2.04 bits per heavy atom. The van der Waals surface area contributed by atoms with Crippen LogP contribution in [0.1, 0.15) is 29.4 Å². The van der Waals surface area contributed by atoms with Crippen LogP contribution in [0.15, 0.2) is 41.3 Å². The van der Waals surface area contributed by atoms with Crippen LogP contribution >= 0.6 is 0 Å². The van der Waals surface area contributed by atoms with Crippen LogP contribution in [0.4, 0.5) is 0 Å². The summed E-state index contributed by atoms with van der Waals surface area (Å²) in [4.78, 5) is 29.2. The fraction of sp³-hybridized carbons (Fsp3) is 0.368. The van der Waals surface area contributed by atoms with Crippen molar-refractivity contribution < 1.29 is 14.3 Å². The Labute approximate surface area is 146 Å². The number of nitrogens with one attached hydrogen (secondary N) is 1. The van der Waals surface area contributed by atoms with Gasteiger partial charge in [-0.05, 0) is 24.1 Å². The number of likely N-dealkylation sites (tertiary alicyclic amines) is 1. The Hall–Kier alpha value is -2.76. The van der Waals surface area contributed by atoms with Gasteiger partial charge in [0, 0.05) is 30.8 Å². The van der Waals surface area contributed by atoms with Crippen molar-refractivity contribution >= 4 is 5.91 Å². The minimum Gasteiger partial charge on any atom is -0.497 e. The number of benzene rings is 1. The molecule has 1 aliphatic rings. The normalized spacial score (nSPS) is 19.7. The van der Waals surface area contributed by atoms with E-state index < -0.39 is 0 Å². The predicted molar refractivity (Wildman–Crippen MR) is 94.5 cm³/mol. The van der Waals surface area contributed by atoms with Crippen LogP contribution < -0.4 is 14.9 Å². The number of ether oxygens (including phenoxy) is 2. The zero-order chi connectivity index (χ0) is 18.0. The van der Waals surface area contributed by atoms with E-state index in [0.29, 0.717) is 13.1 Å². The molecule has 1 atom stereocenters. The summed E-state index contributed by atoms with van der Waals surface area (Å²) < 4.78 is 10.2. The maximum atomic E-state index is 12.7. The van der Waals surface area contributed by atoms with E-state index in [-0.39, 0.29) is 28.2 Å². The molecule has 6 heteroatoms. The molecule has 25 heavy (non-hydrogen) atoms. The number of hydrogen-bond acceptors (Lipinski definition) is 4. The van der Waals surface area contributed by atoms with E-state index in [0.717, 1.165) is 17.7 Å². The molecule has 6 nitrogen and oxygen atoms in total. The number of nitrogens with zero attached hydrogens (tertiary/aromatic N) is 1. The highest BCUT2D eigenvalue weighted by atomic mass is 16.5. The number of carbonyl (C=O) groups excluding carboxylic acids is 1. The van der Waals surface area contributed by atoms with Crippen molar-refractivity contribution in [1.82, 2.24) is 9.88 Å². The van der Waals surface area contributed by atoms with Gasteiger partial charge in [0.15, 0.2) is 5.75 Å². The average molecular weight is 342 g/mol. The highest BCUT2D eigenvalue weighted by Crippen LogP contribution is 2.36. The molecule has 132 valence electrons. The van der Waals surface area contributed by atoms with E-state index in [9.17, 15) is 9.59 Å². The quantitative estimate of drug-likeness (QED) is 0.925. The van der Waals surface area contributed by atoms with Gasteiger partial charge in [0.1, 0.15) is 11.4 Å². The van der Waals surface area contributed by atoms with Crippen LogP contribution in [0.3, 0.4) is 0 Å². The molecule has 1 N–H and O–H groups in total. The van der Waals surface area contributed by atoms with Crippen molar-refractivity contribution in [1.29, 1.82) is 0 Å². The molecule has 1 unspecified atom stereocenters. The van der Waals surface area contributed by atoms with E-state index in [2.05, 4.69) is 18.0 Å². The van der Waals surface area contributed by atoms with E-state index in [1.54, 1.807) is 12.0 Å². The molecule has 1 saturated heterocycles. The Morgan fingerprint density at radius 3 is 2.72 bits per heavy atom. The van der Waals surface area contributed by atoms with Gasteiger partial charge in [0.25, 0.3) is 5.91 Å². The molecule has 3 rings (SSSR count). The summed E-state index contributed by atoms with van der Waals surface area (Å²) >= 11 is 0. The van der Waals surface area contributed by atoms with Gasteiger partial charge in [0.05, 0.1) is 14.2 Å². The van der Waals surface area contributed by atoms with Gasteiger partial charge in [0.2, 0.25) is 5.43 Å². The Morgan fingerprint density at radius 1 is 1.24 bits per heavy atom. The molecule has 0 saturated carbocycles. The number of carbonyl (C=O) groups is 1. The van der Waals surface area contributed by atoms with Gasteiger partial charge in [-0.2, -0.15) is 0 Å². The molecule has 1 aliphatic heterocycles. The van der Waals surface area contributed by atoms with Crippen molar-refractivity contribution in [2.45, 2.75) is 18.8 Å². The highest BCUT2D eigenvalue weighted by molar-refractivity contribution is 5.92. The summed E-state index contributed by atoms with van der Waals surface area (Å²) in [6, 6.07) is 9.25. The third-order valence-corrected chi connectivity index (χ3v) is 4.85. The average Bonchev–Trinajstić information content (AvgIpc) is 3.04. The second-order valence-electron chi connectivity index (χ2n) is 6.55. The number of hydrogen-bond donors (Lipinski definition) is 1. The molecule has 0 radical (unpaired) electrons. The van der Waals surface area contributed by atoms with Crippen molar-refractivity contribution in [3.05, 3.63) is 58.0 Å². The molecule has 0 bridgehead atoms. The zero-order valence-electron chi connectivity index (χ0n) is 14.7. The first kappa shape index (κ1) is 17.1. The maximum Gasteiger partial charge on any atom is 0.270 e. The first-order valence-electron chi connectivity index (χ1n) is 8.17. The van der Waals surface area contributed by atoms with Crippen LogP contribution in [0, 0.1) is 0 Å². The topological polar surface area (TPSA) is 71.6 Å². The minimum absolute atomic E-state index is 0.142. The summed E-state index contributed by atoms with van der Waals surface area (Å²) in [6.07, 6.45) is 2.28. The van der Waals surface area contributed by atoms with E-state index >= 15 is 0 Å². The van der Waals surface area contributed by atoms with Crippen LogP contribution in [0.25, 0.3) is 0 Å². The molecule has 2 heterocycles. The fourth-order valence-electron chi connectivity index (χ4n) is 3.28. The number of aromatic nitrogens is 1. The van der Waals surface area contributed by atoms with E-state index in [4.69, 9.17) is 9.47 Å². The number of amides is 1. The molecular formula is C19H22N2O4. The van der Waals surface area contributed by atoms with Gasteiger partial charge in [-0.15, -0.1) is 0 Å². The third kappa shape index (κ3) is 3.24. The number of H-pyrrole nitrogens is 1. The van der Waals surface area contributed by atoms with Gasteiger partial charge in [-0.25, -0.2) is 0 Å². The van der Waals surface area contributed by atoms with Crippen LogP contribution in [-0.4, -0.2) is 43.1 Å². The Kier molecular flexibility index (Phi) is 4.53. The predicted octanol–water partition coefficient (Wildman–Crippen LogP) is 2.20. The molecule has 1 fully saturated rings. The molecule has 2 aromatic rings. The summed E-state index contributed by atoms with van der Waals surface area (Å²) in [5, 5.41) is 0. The SMILES string of the molecule is COc1cccc(C2(C)CCN(C(=O)c3cc(=O)c(OC)c[nH]3)C2)c1. The van der Waals surface area contributed by atoms with Crippen LogP contribution in [-0.2, 0) is 5.41 Å².